The summed E-state index contributed by atoms with van der Waals surface area (Å²) in [5, 5.41) is 3.40. The average molecular weight is 213 g/mol. The second-order valence-corrected chi connectivity index (χ2v) is 4.01. The van der Waals surface area contributed by atoms with Gasteiger partial charge in [0.15, 0.2) is 0 Å². The molecule has 2 bridgehead atoms. The van der Waals surface area contributed by atoms with E-state index in [1.165, 1.54) is 19.8 Å². The van der Waals surface area contributed by atoms with E-state index < -0.39 is 0 Å². The molecule has 0 saturated carbocycles. The molecule has 2 unspecified atom stereocenters. The second kappa shape index (κ2) is 5.85. The minimum absolute atomic E-state index is 0.211. The first-order valence-corrected chi connectivity index (χ1v) is 5.53. The number of Topliss-reactive ketones (excluding diaryl/α,β-unsaturated/α-hetero) is 1. The third kappa shape index (κ3) is 4.42. The minimum Gasteiger partial charge on any atom is -0.466 e. The van der Waals surface area contributed by atoms with E-state index in [1.807, 2.05) is 0 Å². The number of nitrogens with one attached hydrogen (secondary N) is 1. The molecule has 15 heavy (non-hydrogen) atoms. The molecule has 0 aromatic carbocycles. The molecule has 2 rings (SSSR count). The highest BCUT2D eigenvalue weighted by Gasteiger charge is 2.31. The van der Waals surface area contributed by atoms with Crippen molar-refractivity contribution >= 4 is 11.8 Å². The van der Waals surface area contributed by atoms with Crippen LogP contribution in [0.5, 0.6) is 0 Å². The molecular weight excluding hydrogens is 194 g/mol. The molecular formula is C11H19NO3. The summed E-state index contributed by atoms with van der Waals surface area (Å²) in [5.74, 6) is 0.249. The summed E-state index contributed by atoms with van der Waals surface area (Å²) in [5.41, 5.74) is 0. The van der Waals surface area contributed by atoms with E-state index in [9.17, 15) is 9.59 Å². The van der Waals surface area contributed by atoms with Gasteiger partial charge in [-0.3, -0.25) is 9.59 Å². The molecule has 4 heteroatoms. The standard InChI is InChI=1S/C7H11NO.C4H8O2/c9-7-3-5-1-2-6(4-7)8-5;1-3-6-4(2)5/h5-6,8H,1-4H2;3H2,1-2H3. The van der Waals surface area contributed by atoms with Gasteiger partial charge < -0.3 is 10.1 Å². The van der Waals surface area contributed by atoms with Crippen LogP contribution >= 0.6 is 0 Å². The summed E-state index contributed by atoms with van der Waals surface area (Å²) in [4.78, 5) is 20.7. The van der Waals surface area contributed by atoms with Crippen LogP contribution in [-0.4, -0.2) is 30.4 Å². The minimum atomic E-state index is -0.211. The van der Waals surface area contributed by atoms with Crippen molar-refractivity contribution < 1.29 is 14.3 Å². The van der Waals surface area contributed by atoms with Crippen LogP contribution in [-0.2, 0) is 14.3 Å². The molecule has 2 aliphatic heterocycles. The number of piperidine rings is 1. The van der Waals surface area contributed by atoms with Crippen LogP contribution in [0.4, 0.5) is 0 Å². The largest absolute Gasteiger partial charge is 0.466 e. The molecule has 2 atom stereocenters. The van der Waals surface area contributed by atoms with Crippen LogP contribution in [0.2, 0.25) is 0 Å². The van der Waals surface area contributed by atoms with E-state index >= 15 is 0 Å². The number of hydrogen-bond acceptors (Lipinski definition) is 4. The van der Waals surface area contributed by atoms with Crippen LogP contribution in [0.25, 0.3) is 0 Å². The highest BCUT2D eigenvalue weighted by molar-refractivity contribution is 5.80. The van der Waals surface area contributed by atoms with Gasteiger partial charge in [0, 0.05) is 31.8 Å². The Balaban J connectivity index is 0.000000167. The van der Waals surface area contributed by atoms with Gasteiger partial charge in [0.1, 0.15) is 5.78 Å². The highest BCUT2D eigenvalue weighted by Crippen LogP contribution is 2.23. The van der Waals surface area contributed by atoms with Gasteiger partial charge in [-0.05, 0) is 19.8 Å². The van der Waals surface area contributed by atoms with Crippen molar-refractivity contribution in [1.29, 1.82) is 0 Å². The molecule has 0 aromatic rings. The van der Waals surface area contributed by atoms with Gasteiger partial charge in [-0.15, -0.1) is 0 Å². The maximum absolute atomic E-state index is 10.9. The van der Waals surface area contributed by atoms with Crippen LogP contribution in [0, 0.1) is 0 Å². The molecule has 4 nitrogen and oxygen atoms in total. The molecule has 0 aliphatic carbocycles. The third-order valence-electron chi connectivity index (χ3n) is 2.63. The van der Waals surface area contributed by atoms with E-state index in [1.54, 1.807) is 6.92 Å². The summed E-state index contributed by atoms with van der Waals surface area (Å²) < 4.78 is 4.40. The van der Waals surface area contributed by atoms with Crippen LogP contribution in [0.3, 0.4) is 0 Å². The van der Waals surface area contributed by atoms with Crippen molar-refractivity contribution in [3.8, 4) is 0 Å². The van der Waals surface area contributed by atoms with Gasteiger partial charge in [0.2, 0.25) is 0 Å². The number of rotatable bonds is 1. The molecule has 0 amide bonds. The van der Waals surface area contributed by atoms with Gasteiger partial charge in [0.05, 0.1) is 6.61 Å². The first-order valence-electron chi connectivity index (χ1n) is 5.53. The Hall–Kier alpha value is -0.900. The molecule has 0 aromatic heterocycles. The van der Waals surface area contributed by atoms with Crippen molar-refractivity contribution in [3.63, 3.8) is 0 Å². The molecule has 0 spiro atoms. The normalized spacial score (nSPS) is 28.0. The topological polar surface area (TPSA) is 55.4 Å². The number of esters is 1. The summed E-state index contributed by atoms with van der Waals surface area (Å²) in [7, 11) is 0. The zero-order chi connectivity index (χ0) is 11.3. The molecule has 2 saturated heterocycles. The van der Waals surface area contributed by atoms with Crippen LogP contribution < -0.4 is 5.32 Å². The van der Waals surface area contributed by atoms with Crippen molar-refractivity contribution in [3.05, 3.63) is 0 Å². The maximum Gasteiger partial charge on any atom is 0.302 e. The predicted molar refractivity (Wildman–Crippen MR) is 56.5 cm³/mol. The van der Waals surface area contributed by atoms with E-state index in [0.29, 0.717) is 24.5 Å². The smallest absolute Gasteiger partial charge is 0.302 e. The lowest BCUT2D eigenvalue weighted by atomic mass is 10.1. The van der Waals surface area contributed by atoms with Crippen LogP contribution in [0.15, 0.2) is 0 Å². The molecule has 2 aliphatic rings. The molecule has 2 heterocycles. The van der Waals surface area contributed by atoms with Crippen molar-refractivity contribution in [1.82, 2.24) is 5.32 Å². The lowest BCUT2D eigenvalue weighted by Gasteiger charge is -2.18. The zero-order valence-electron chi connectivity index (χ0n) is 9.41. The fraction of sp³-hybridized carbons (Fsp3) is 0.818. The van der Waals surface area contributed by atoms with E-state index in [-0.39, 0.29) is 5.97 Å². The Kier molecular flexibility index (Phi) is 4.75. The summed E-state index contributed by atoms with van der Waals surface area (Å²) in [6, 6.07) is 1.08. The van der Waals surface area contributed by atoms with E-state index in [0.717, 1.165) is 12.8 Å². The number of hydrogen-bond donors (Lipinski definition) is 1. The van der Waals surface area contributed by atoms with Crippen LogP contribution in [0.1, 0.15) is 39.5 Å². The zero-order valence-corrected chi connectivity index (χ0v) is 9.41. The van der Waals surface area contributed by atoms with Crippen molar-refractivity contribution in [2.75, 3.05) is 6.61 Å². The fourth-order valence-electron chi connectivity index (χ4n) is 2.06. The van der Waals surface area contributed by atoms with E-state index in [4.69, 9.17) is 0 Å². The molecule has 2 fully saturated rings. The highest BCUT2D eigenvalue weighted by atomic mass is 16.5. The number of ketones is 1. The fourth-order valence-corrected chi connectivity index (χ4v) is 2.06. The summed E-state index contributed by atoms with van der Waals surface area (Å²) in [6.07, 6.45) is 4.01. The lowest BCUT2D eigenvalue weighted by Crippen LogP contribution is -2.38. The van der Waals surface area contributed by atoms with Gasteiger partial charge in [0.25, 0.3) is 0 Å². The Morgan fingerprint density at radius 3 is 2.27 bits per heavy atom. The number of carbonyl (C=O) groups is 2. The van der Waals surface area contributed by atoms with Gasteiger partial charge in [-0.2, -0.15) is 0 Å². The Labute approximate surface area is 90.4 Å². The average Bonchev–Trinajstić information content (AvgIpc) is 2.46. The van der Waals surface area contributed by atoms with Crippen molar-refractivity contribution in [2.24, 2.45) is 0 Å². The lowest BCUT2D eigenvalue weighted by molar-refractivity contribution is -0.140. The van der Waals surface area contributed by atoms with E-state index in [2.05, 4.69) is 10.1 Å². The summed E-state index contributed by atoms with van der Waals surface area (Å²) >= 11 is 0. The monoisotopic (exact) mass is 213 g/mol. The number of ether oxygens (including phenoxy) is 1. The first-order chi connectivity index (χ1) is 7.11. The third-order valence-corrected chi connectivity index (χ3v) is 2.63. The Bertz CT molecular complexity index is 226. The number of carbonyl (C=O) groups excluding carboxylic acids is 2. The van der Waals surface area contributed by atoms with Gasteiger partial charge in [-0.25, -0.2) is 0 Å². The molecule has 1 N–H and O–H groups in total. The predicted octanol–water partition coefficient (Wildman–Crippen LogP) is 1.04. The SMILES string of the molecule is CCOC(C)=O.O=C1CC2CCC(C1)N2. The first kappa shape index (κ1) is 12.2. The molecule has 86 valence electrons. The Morgan fingerprint density at radius 1 is 1.40 bits per heavy atom. The number of fused-ring (bicyclic) bond motifs is 2. The Morgan fingerprint density at radius 2 is 1.93 bits per heavy atom. The van der Waals surface area contributed by atoms with Gasteiger partial charge in [-0.1, -0.05) is 0 Å². The maximum atomic E-state index is 10.9. The van der Waals surface area contributed by atoms with Gasteiger partial charge >= 0.3 is 5.97 Å². The summed E-state index contributed by atoms with van der Waals surface area (Å²) in [6.45, 7) is 3.65. The second-order valence-electron chi connectivity index (χ2n) is 4.01. The quantitative estimate of drug-likeness (QED) is 0.661. The molecule has 0 radical (unpaired) electrons. The van der Waals surface area contributed by atoms with Crippen molar-refractivity contribution in [2.45, 2.75) is 51.6 Å².